The van der Waals surface area contributed by atoms with Crippen LogP contribution in [0.3, 0.4) is 0 Å². The fourth-order valence-corrected chi connectivity index (χ4v) is 3.77. The lowest BCUT2D eigenvalue weighted by Gasteiger charge is -2.10. The SMILES string of the molecule is COCCCn1c(Sc2nc3ccccc3o2)nnc1-c1ccccc1Cl. The molecule has 4 rings (SSSR count). The zero-order valence-corrected chi connectivity index (χ0v) is 16.2. The van der Waals surface area contributed by atoms with Gasteiger partial charge in [-0.15, -0.1) is 10.2 Å². The van der Waals surface area contributed by atoms with Crippen LogP contribution in [-0.4, -0.2) is 33.5 Å². The molecule has 0 fully saturated rings. The Morgan fingerprint density at radius 2 is 1.93 bits per heavy atom. The number of ether oxygens (including phenoxy) is 1. The van der Waals surface area contributed by atoms with E-state index in [1.807, 2.05) is 53.1 Å². The van der Waals surface area contributed by atoms with E-state index in [9.17, 15) is 0 Å². The van der Waals surface area contributed by atoms with Gasteiger partial charge < -0.3 is 13.7 Å². The molecule has 0 saturated heterocycles. The van der Waals surface area contributed by atoms with Crippen LogP contribution < -0.4 is 0 Å². The summed E-state index contributed by atoms with van der Waals surface area (Å²) in [5.41, 5.74) is 2.40. The molecule has 0 spiro atoms. The van der Waals surface area contributed by atoms with Gasteiger partial charge in [-0.25, -0.2) is 4.98 Å². The Morgan fingerprint density at radius 1 is 1.11 bits per heavy atom. The first-order valence-corrected chi connectivity index (χ1v) is 9.66. The molecule has 4 aromatic rings. The Hall–Kier alpha value is -2.35. The number of aromatic nitrogens is 4. The van der Waals surface area contributed by atoms with Crippen LogP contribution in [0.25, 0.3) is 22.5 Å². The second kappa shape index (κ2) is 8.12. The van der Waals surface area contributed by atoms with Crippen molar-refractivity contribution in [3.63, 3.8) is 0 Å². The first-order chi connectivity index (χ1) is 13.3. The lowest BCUT2D eigenvalue weighted by atomic mass is 10.2. The van der Waals surface area contributed by atoms with E-state index >= 15 is 0 Å². The standard InChI is InChI=1S/C19H17ClN4O2S/c1-25-12-6-11-24-17(13-7-2-3-8-14(13)20)22-23-18(24)27-19-21-15-9-4-5-10-16(15)26-19/h2-5,7-10H,6,11-12H2,1H3. The molecule has 27 heavy (non-hydrogen) atoms. The van der Waals surface area contributed by atoms with Crippen molar-refractivity contribution in [2.24, 2.45) is 0 Å². The fourth-order valence-electron chi connectivity index (χ4n) is 2.75. The lowest BCUT2D eigenvalue weighted by molar-refractivity contribution is 0.189. The van der Waals surface area contributed by atoms with Gasteiger partial charge in [-0.2, -0.15) is 0 Å². The van der Waals surface area contributed by atoms with E-state index < -0.39 is 0 Å². The molecule has 0 aliphatic carbocycles. The Morgan fingerprint density at radius 3 is 2.74 bits per heavy atom. The van der Waals surface area contributed by atoms with E-state index in [1.54, 1.807) is 7.11 Å². The summed E-state index contributed by atoms with van der Waals surface area (Å²) in [7, 11) is 1.69. The minimum Gasteiger partial charge on any atom is -0.431 e. The number of methoxy groups -OCH3 is 1. The molecular weight excluding hydrogens is 384 g/mol. The minimum atomic E-state index is 0.530. The molecule has 2 aromatic heterocycles. The van der Waals surface area contributed by atoms with E-state index in [0.717, 1.165) is 28.9 Å². The third kappa shape index (κ3) is 3.85. The van der Waals surface area contributed by atoms with Gasteiger partial charge in [0.25, 0.3) is 5.22 Å². The van der Waals surface area contributed by atoms with Crippen LogP contribution >= 0.6 is 23.4 Å². The molecule has 0 aliphatic heterocycles. The average Bonchev–Trinajstić information content (AvgIpc) is 3.26. The highest BCUT2D eigenvalue weighted by Crippen LogP contribution is 2.33. The van der Waals surface area contributed by atoms with Crippen LogP contribution in [-0.2, 0) is 11.3 Å². The Kier molecular flexibility index (Phi) is 5.42. The molecule has 6 nitrogen and oxygen atoms in total. The normalized spacial score (nSPS) is 11.3. The molecule has 0 unspecified atom stereocenters. The first-order valence-electron chi connectivity index (χ1n) is 8.46. The summed E-state index contributed by atoms with van der Waals surface area (Å²) in [6, 6.07) is 15.3. The number of halogens is 1. The predicted molar refractivity (Wildman–Crippen MR) is 105 cm³/mol. The predicted octanol–water partition coefficient (Wildman–Crippen LogP) is 4.93. The monoisotopic (exact) mass is 400 g/mol. The van der Waals surface area contributed by atoms with Gasteiger partial charge in [0.05, 0.1) is 5.02 Å². The van der Waals surface area contributed by atoms with Crippen molar-refractivity contribution in [3.8, 4) is 11.4 Å². The maximum atomic E-state index is 6.37. The number of oxazole rings is 1. The molecule has 0 atom stereocenters. The van der Waals surface area contributed by atoms with Gasteiger partial charge in [-0.1, -0.05) is 35.9 Å². The highest BCUT2D eigenvalue weighted by Gasteiger charge is 2.19. The number of fused-ring (bicyclic) bond motifs is 1. The maximum Gasteiger partial charge on any atom is 0.264 e. The summed E-state index contributed by atoms with van der Waals surface area (Å²) in [6.07, 6.45) is 0.826. The largest absolute Gasteiger partial charge is 0.431 e. The second-order valence-corrected chi connectivity index (χ2v) is 7.16. The highest BCUT2D eigenvalue weighted by molar-refractivity contribution is 7.99. The molecule has 0 saturated carbocycles. The number of hydrogen-bond acceptors (Lipinski definition) is 6. The summed E-state index contributed by atoms with van der Waals surface area (Å²) in [5.74, 6) is 0.718. The van der Waals surface area contributed by atoms with Crippen molar-refractivity contribution in [1.29, 1.82) is 0 Å². The van der Waals surface area contributed by atoms with E-state index in [-0.39, 0.29) is 0 Å². The van der Waals surface area contributed by atoms with Gasteiger partial charge in [0.2, 0.25) is 5.16 Å². The van der Waals surface area contributed by atoms with Crippen molar-refractivity contribution in [2.45, 2.75) is 23.3 Å². The van der Waals surface area contributed by atoms with Crippen molar-refractivity contribution in [1.82, 2.24) is 19.7 Å². The Balaban J connectivity index is 1.70. The molecule has 0 radical (unpaired) electrons. The maximum absolute atomic E-state index is 6.37. The zero-order valence-electron chi connectivity index (χ0n) is 14.6. The summed E-state index contributed by atoms with van der Waals surface area (Å²) in [4.78, 5) is 4.51. The van der Waals surface area contributed by atoms with Crippen LogP contribution in [0.2, 0.25) is 5.02 Å². The van der Waals surface area contributed by atoms with Crippen LogP contribution in [0, 0.1) is 0 Å². The fraction of sp³-hybridized carbons (Fsp3) is 0.211. The van der Waals surface area contributed by atoms with Crippen molar-refractivity contribution >= 4 is 34.5 Å². The summed E-state index contributed by atoms with van der Waals surface area (Å²) in [6.45, 7) is 1.34. The quantitative estimate of drug-likeness (QED) is 0.410. The summed E-state index contributed by atoms with van der Waals surface area (Å²) >= 11 is 7.72. The lowest BCUT2D eigenvalue weighted by Crippen LogP contribution is -2.05. The number of nitrogens with zero attached hydrogens (tertiary/aromatic N) is 4. The van der Waals surface area contributed by atoms with Crippen LogP contribution in [0.5, 0.6) is 0 Å². The third-order valence-corrected chi connectivity index (χ3v) is 5.18. The Bertz CT molecular complexity index is 1030. The second-order valence-electron chi connectivity index (χ2n) is 5.83. The number of rotatable bonds is 7. The molecule has 138 valence electrons. The molecule has 8 heteroatoms. The first kappa shape index (κ1) is 18.0. The summed E-state index contributed by atoms with van der Waals surface area (Å²) < 4.78 is 13.0. The molecule has 2 aromatic carbocycles. The van der Waals surface area contributed by atoms with E-state index in [2.05, 4.69) is 15.2 Å². The number of para-hydroxylation sites is 2. The van der Waals surface area contributed by atoms with Crippen LogP contribution in [0.15, 0.2) is 63.3 Å². The number of benzene rings is 2. The average molecular weight is 401 g/mol. The summed E-state index contributed by atoms with van der Waals surface area (Å²) in [5, 5.41) is 10.6. The van der Waals surface area contributed by atoms with Gasteiger partial charge in [-0.3, -0.25) is 0 Å². The third-order valence-electron chi connectivity index (χ3n) is 4.01. The van der Waals surface area contributed by atoms with Gasteiger partial charge in [0.1, 0.15) is 5.52 Å². The molecule has 2 heterocycles. The zero-order chi connectivity index (χ0) is 18.6. The van der Waals surface area contributed by atoms with Crippen LogP contribution in [0.4, 0.5) is 0 Å². The van der Waals surface area contributed by atoms with E-state index in [1.165, 1.54) is 11.8 Å². The van der Waals surface area contributed by atoms with Gasteiger partial charge in [-0.05, 0) is 30.7 Å². The van der Waals surface area contributed by atoms with Gasteiger partial charge in [0, 0.05) is 37.6 Å². The van der Waals surface area contributed by atoms with Crippen molar-refractivity contribution in [3.05, 3.63) is 53.6 Å². The molecule has 0 amide bonds. The van der Waals surface area contributed by atoms with Gasteiger partial charge >= 0.3 is 0 Å². The van der Waals surface area contributed by atoms with Crippen molar-refractivity contribution < 1.29 is 9.15 Å². The smallest absolute Gasteiger partial charge is 0.264 e. The Labute approximate surface area is 165 Å². The topological polar surface area (TPSA) is 66.0 Å². The molecular formula is C19H17ClN4O2S. The minimum absolute atomic E-state index is 0.530. The van der Waals surface area contributed by atoms with E-state index in [4.69, 9.17) is 20.8 Å². The molecule has 0 bridgehead atoms. The number of hydrogen-bond donors (Lipinski definition) is 0. The molecule has 0 aliphatic rings. The van der Waals surface area contributed by atoms with Crippen molar-refractivity contribution in [2.75, 3.05) is 13.7 Å². The van der Waals surface area contributed by atoms with Gasteiger partial charge in [0.15, 0.2) is 11.4 Å². The van der Waals surface area contributed by atoms with Crippen LogP contribution in [0.1, 0.15) is 6.42 Å². The van der Waals surface area contributed by atoms with E-state index in [0.29, 0.717) is 28.6 Å². The molecule has 0 N–H and O–H groups in total. The highest BCUT2D eigenvalue weighted by atomic mass is 35.5.